The summed E-state index contributed by atoms with van der Waals surface area (Å²) in [6, 6.07) is 39.3. The van der Waals surface area contributed by atoms with Crippen LogP contribution in [0.15, 0.2) is 127 Å². The Balaban J connectivity index is 0.000000580. The van der Waals surface area contributed by atoms with Crippen LogP contribution in [0.5, 0.6) is 0 Å². The maximum Gasteiger partial charge on any atom is 0.271 e. The first-order valence-electron chi connectivity index (χ1n) is 28.5. The average molecular weight is 1130 g/mol. The zero-order valence-corrected chi connectivity index (χ0v) is 47.9. The molecule has 3 unspecified atom stereocenters. The van der Waals surface area contributed by atoms with E-state index in [1.54, 1.807) is 32.8 Å². The molecule has 4 aromatic carbocycles. The van der Waals surface area contributed by atoms with Crippen LogP contribution in [0.1, 0.15) is 133 Å². The summed E-state index contributed by atoms with van der Waals surface area (Å²) in [5.74, 6) is -1.53. The third-order valence-corrected chi connectivity index (χ3v) is 14.7. The number of unbranched alkanes of at least 4 members (excludes halogenated alkanes) is 2. The number of aromatic amines is 1. The lowest BCUT2D eigenvalue weighted by molar-refractivity contribution is -0.137. The SMILES string of the molecule is C=O.CNC(C)C(=O)N[C@@H](CCCCNC(=O)c1cc(C(=O)NCCCCC(NC(=O)[C@H](C)NC)C(=O)N2CCCC2)n[nH]1)C(=O)N1CCCC1CNC(c1ccccc1)c1ccccc1.O=CNC(c1ccccc1)c1ccccc1. The zero-order chi connectivity index (χ0) is 59.1. The molecule has 0 radical (unpaired) electrons. The van der Waals surface area contributed by atoms with Gasteiger partial charge in [-0.3, -0.25) is 38.7 Å². The Kier molecular flexibility index (Phi) is 28.1. The second-order valence-electron chi connectivity index (χ2n) is 20.4. The van der Waals surface area contributed by atoms with Crippen LogP contribution in [0.2, 0.25) is 0 Å². The number of likely N-dealkylation sites (N-methyl/N-ethyl adjacent to an activating group) is 2. The van der Waals surface area contributed by atoms with Crippen LogP contribution in [0.25, 0.3) is 0 Å². The van der Waals surface area contributed by atoms with E-state index in [1.165, 1.54) is 6.07 Å². The van der Waals surface area contributed by atoms with Crippen molar-refractivity contribution in [1.82, 2.24) is 62.5 Å². The van der Waals surface area contributed by atoms with Gasteiger partial charge in [-0.25, -0.2) is 0 Å². The number of H-pyrrole nitrogens is 1. The lowest BCUT2D eigenvalue weighted by atomic mass is 9.98. The molecule has 20 heteroatoms. The van der Waals surface area contributed by atoms with E-state index in [-0.39, 0.29) is 53.1 Å². The minimum absolute atomic E-state index is 0.0358. The van der Waals surface area contributed by atoms with E-state index in [0.29, 0.717) is 77.8 Å². The second-order valence-corrected chi connectivity index (χ2v) is 20.4. The van der Waals surface area contributed by atoms with Crippen molar-refractivity contribution in [1.29, 1.82) is 0 Å². The van der Waals surface area contributed by atoms with Gasteiger partial charge >= 0.3 is 0 Å². The molecule has 2 fully saturated rings. The Hall–Kier alpha value is -8.07. The van der Waals surface area contributed by atoms with Crippen LogP contribution < -0.4 is 42.5 Å². The minimum atomic E-state index is -0.723. The Morgan fingerprint density at radius 2 is 1.06 bits per heavy atom. The summed E-state index contributed by atoms with van der Waals surface area (Å²) >= 11 is 0. The topological polar surface area (TPSA) is 268 Å². The van der Waals surface area contributed by atoms with Gasteiger partial charge in [-0.15, -0.1) is 0 Å². The van der Waals surface area contributed by atoms with Gasteiger partial charge in [0, 0.05) is 51.4 Å². The third-order valence-electron chi connectivity index (χ3n) is 14.7. The number of nitrogens with one attached hydrogen (secondary N) is 9. The highest BCUT2D eigenvalue weighted by molar-refractivity contribution is 5.97. The summed E-state index contributed by atoms with van der Waals surface area (Å²) in [7, 11) is 3.39. The molecule has 5 atom stereocenters. The van der Waals surface area contributed by atoms with Crippen LogP contribution in [0.4, 0.5) is 0 Å². The number of hydrogen-bond donors (Lipinski definition) is 9. The van der Waals surface area contributed by atoms with Crippen molar-refractivity contribution in [2.24, 2.45) is 0 Å². The number of likely N-dealkylation sites (tertiary alicyclic amines) is 2. The maximum atomic E-state index is 14.2. The number of nitrogens with zero attached hydrogens (tertiary/aromatic N) is 3. The van der Waals surface area contributed by atoms with E-state index in [9.17, 15) is 33.6 Å². The molecule has 0 spiro atoms. The summed E-state index contributed by atoms with van der Waals surface area (Å²) in [5, 5.41) is 30.6. The molecule has 0 bridgehead atoms. The van der Waals surface area contributed by atoms with Crippen LogP contribution in [0, 0.1) is 0 Å². The largest absolute Gasteiger partial charge is 0.351 e. The molecule has 0 saturated carbocycles. The molecule has 2 saturated heterocycles. The molecule has 3 heterocycles. The van der Waals surface area contributed by atoms with E-state index in [4.69, 9.17) is 4.79 Å². The number of amides is 7. The first kappa shape index (κ1) is 64.7. The third kappa shape index (κ3) is 20.2. The quantitative estimate of drug-likeness (QED) is 0.0233. The molecule has 5 aromatic rings. The van der Waals surface area contributed by atoms with Gasteiger partial charge in [-0.05, 0) is 114 Å². The highest BCUT2D eigenvalue weighted by Crippen LogP contribution is 2.25. The van der Waals surface area contributed by atoms with E-state index in [0.717, 1.165) is 54.3 Å². The standard InChI is InChI=1S/C47H69N11O6.C14H13NO.CH2O/c1-32(48-3)42(59)53-37(46(63)57-27-15-16-28-57)23-11-13-25-50-44(61)39-30-40(56-55-39)45(62)51-26-14-12-24-38(54-43(60)33(2)49-4)47(64)58-29-17-22-36(58)31-52-41(34-18-7-5-8-19-34)35-20-9-6-10-21-35;16-11-15-14(12-7-3-1-4-8-12)13-9-5-2-6-10-13;1-2/h5-10,18-21,30,32-33,36-38,41,48-49,52H,11-17,22-29,31H2,1-4H3,(H,50,61)(H,51,62)(H,53,59)(H,54,60)(H,55,56);1-11,14H,(H,15,16);1H2/t32-,33?,36?,37?,38-;;/m0../s1. The van der Waals surface area contributed by atoms with Gasteiger partial charge in [-0.1, -0.05) is 121 Å². The van der Waals surface area contributed by atoms with E-state index in [2.05, 4.69) is 77.0 Å². The van der Waals surface area contributed by atoms with Crippen molar-refractivity contribution in [2.75, 3.05) is 53.4 Å². The lowest BCUT2D eigenvalue weighted by Crippen LogP contribution is -2.54. The van der Waals surface area contributed by atoms with Gasteiger partial charge in [0.1, 0.15) is 24.6 Å². The van der Waals surface area contributed by atoms with Crippen LogP contribution >= 0.6 is 0 Å². The fraction of sp³-hybridized carbons (Fsp3) is 0.435. The molecule has 20 nitrogen and oxygen atoms in total. The molecule has 1 aromatic heterocycles. The van der Waals surface area contributed by atoms with Crippen molar-refractivity contribution in [2.45, 2.75) is 120 Å². The average Bonchev–Trinajstić information content (AvgIpc) is 4.43. The Morgan fingerprint density at radius 1 is 0.610 bits per heavy atom. The Bertz CT molecular complexity index is 2630. The fourth-order valence-corrected chi connectivity index (χ4v) is 9.87. The second kappa shape index (κ2) is 35.6. The van der Waals surface area contributed by atoms with Crippen molar-refractivity contribution < 1.29 is 38.4 Å². The molecule has 7 rings (SSSR count). The Morgan fingerprint density at radius 3 is 1.52 bits per heavy atom. The van der Waals surface area contributed by atoms with E-state index < -0.39 is 36.0 Å². The van der Waals surface area contributed by atoms with Gasteiger partial charge in [0.05, 0.1) is 24.2 Å². The smallest absolute Gasteiger partial charge is 0.271 e. The van der Waals surface area contributed by atoms with Crippen molar-refractivity contribution >= 4 is 48.6 Å². The number of hydrogen-bond acceptors (Lipinski definition) is 12. The van der Waals surface area contributed by atoms with Crippen LogP contribution in [0.3, 0.4) is 0 Å². The van der Waals surface area contributed by atoms with Gasteiger partial charge in [-0.2, -0.15) is 5.10 Å². The van der Waals surface area contributed by atoms with Crippen LogP contribution in [-0.4, -0.2) is 152 Å². The minimum Gasteiger partial charge on any atom is -0.351 e. The van der Waals surface area contributed by atoms with Crippen molar-refractivity contribution in [3.05, 3.63) is 161 Å². The first-order chi connectivity index (χ1) is 39.9. The number of rotatable bonds is 29. The highest BCUT2D eigenvalue weighted by atomic mass is 16.2. The molecule has 9 N–H and O–H groups in total. The number of aromatic nitrogens is 2. The van der Waals surface area contributed by atoms with Crippen molar-refractivity contribution in [3.63, 3.8) is 0 Å². The molecule has 2 aliphatic rings. The summed E-state index contributed by atoms with van der Waals surface area (Å²) < 4.78 is 0. The molecule has 82 heavy (non-hydrogen) atoms. The summed E-state index contributed by atoms with van der Waals surface area (Å²) in [6.45, 7) is 8.72. The maximum absolute atomic E-state index is 14.2. The monoisotopic (exact) mass is 1120 g/mol. The van der Waals surface area contributed by atoms with Crippen molar-refractivity contribution in [3.8, 4) is 0 Å². The molecule has 7 amide bonds. The zero-order valence-electron chi connectivity index (χ0n) is 47.9. The normalized spacial score (nSPS) is 15.1. The highest BCUT2D eigenvalue weighted by Gasteiger charge is 2.35. The molecular weight excluding hydrogens is 1040 g/mol. The fourth-order valence-electron chi connectivity index (χ4n) is 9.87. The van der Waals surface area contributed by atoms with Gasteiger partial charge in [0.25, 0.3) is 11.8 Å². The summed E-state index contributed by atoms with van der Waals surface area (Å²) in [5.41, 5.74) is 4.65. The van der Waals surface area contributed by atoms with Gasteiger partial charge < -0.3 is 57.1 Å². The molecular formula is C62H84N12O8. The molecule has 2 aliphatic heterocycles. The van der Waals surface area contributed by atoms with E-state index in [1.807, 2.05) is 109 Å². The van der Waals surface area contributed by atoms with Gasteiger partial charge in [0.15, 0.2) is 5.69 Å². The van der Waals surface area contributed by atoms with Crippen LogP contribution in [-0.2, 0) is 28.8 Å². The molecule has 440 valence electrons. The lowest BCUT2D eigenvalue weighted by Gasteiger charge is -2.31. The predicted octanol–water partition coefficient (Wildman–Crippen LogP) is 4.73. The Labute approximate surface area is 482 Å². The number of carbonyl (C=O) groups excluding carboxylic acids is 8. The number of benzene rings is 4. The first-order valence-corrected chi connectivity index (χ1v) is 28.5. The predicted molar refractivity (Wildman–Crippen MR) is 316 cm³/mol. The number of carbonyl (C=O) groups is 8. The van der Waals surface area contributed by atoms with E-state index >= 15 is 0 Å². The van der Waals surface area contributed by atoms with Gasteiger partial charge in [0.2, 0.25) is 30.0 Å². The summed E-state index contributed by atoms with van der Waals surface area (Å²) in [6.07, 6.45) is 7.53. The molecule has 0 aliphatic carbocycles. The summed E-state index contributed by atoms with van der Waals surface area (Å²) in [4.78, 5) is 101.